The third-order valence-electron chi connectivity index (χ3n) is 1.81. The number of aryl methyl sites for hydroxylation is 1. The fourth-order valence-corrected chi connectivity index (χ4v) is 1.16. The van der Waals surface area contributed by atoms with Crippen molar-refractivity contribution in [1.29, 1.82) is 0 Å². The van der Waals surface area contributed by atoms with Crippen molar-refractivity contribution in [3.8, 4) is 5.75 Å². The second-order valence-corrected chi connectivity index (χ2v) is 2.74. The number of rotatable bonds is 4. The van der Waals surface area contributed by atoms with Gasteiger partial charge in [0.25, 0.3) is 0 Å². The lowest BCUT2D eigenvalue weighted by Gasteiger charge is -2.05. The average Bonchev–Trinajstić information content (AvgIpc) is 2.15. The Morgan fingerprint density at radius 3 is 2.77 bits per heavy atom. The van der Waals surface area contributed by atoms with Gasteiger partial charge in [0.1, 0.15) is 5.75 Å². The van der Waals surface area contributed by atoms with Crippen LogP contribution in [-0.4, -0.2) is 13.0 Å². The second kappa shape index (κ2) is 4.50. The molecule has 13 heavy (non-hydrogen) atoms. The number of carbonyl (C=O) groups is 1. The molecule has 0 heterocycles. The molecule has 0 aliphatic rings. The minimum atomic E-state index is -0.536. The van der Waals surface area contributed by atoms with Gasteiger partial charge in [-0.05, 0) is 18.1 Å². The number of amides is 1. The molecule has 0 unspecified atom stereocenters. The molecular weight excluding hydrogens is 166 g/mol. The summed E-state index contributed by atoms with van der Waals surface area (Å²) in [6, 6.07) is 7.53. The minimum absolute atomic E-state index is 0.250. The van der Waals surface area contributed by atoms with Crippen LogP contribution >= 0.6 is 0 Å². The normalized spacial score (nSPS) is 9.62. The molecule has 3 nitrogen and oxygen atoms in total. The van der Waals surface area contributed by atoms with Gasteiger partial charge in [-0.3, -0.25) is 10.5 Å². The molecule has 0 saturated carbocycles. The van der Waals surface area contributed by atoms with E-state index in [0.29, 0.717) is 6.42 Å². The van der Waals surface area contributed by atoms with Gasteiger partial charge < -0.3 is 4.74 Å². The maximum atomic E-state index is 10.4. The Labute approximate surface area is 77.5 Å². The molecule has 0 bridgehead atoms. The van der Waals surface area contributed by atoms with Gasteiger partial charge in [-0.25, -0.2) is 0 Å². The van der Waals surface area contributed by atoms with Crippen LogP contribution in [0.15, 0.2) is 24.3 Å². The first-order valence-electron chi connectivity index (χ1n) is 4.10. The molecule has 0 aliphatic carbocycles. The highest BCUT2D eigenvalue weighted by Crippen LogP contribution is 2.18. The Morgan fingerprint density at radius 1 is 1.46 bits per heavy atom. The zero-order valence-electron chi connectivity index (χ0n) is 7.54. The first-order valence-corrected chi connectivity index (χ1v) is 4.10. The monoisotopic (exact) mass is 178 g/mol. The molecule has 0 spiro atoms. The van der Waals surface area contributed by atoms with Crippen LogP contribution in [-0.2, 0) is 11.2 Å². The van der Waals surface area contributed by atoms with Crippen LogP contribution in [0.2, 0.25) is 0 Å². The van der Waals surface area contributed by atoms with E-state index in [4.69, 9.17) is 10.5 Å². The summed E-state index contributed by atoms with van der Waals surface area (Å²) in [4.78, 5) is 10.4. The van der Waals surface area contributed by atoms with Gasteiger partial charge in [-0.1, -0.05) is 18.2 Å². The molecule has 1 amide bonds. The summed E-state index contributed by atoms with van der Waals surface area (Å²) in [5.41, 5.74) is 7.75. The smallest absolute Gasteiger partial charge is 0.238 e. The van der Waals surface area contributed by atoms with E-state index < -0.39 is 5.91 Å². The van der Waals surface area contributed by atoms with Crippen LogP contribution in [0.1, 0.15) is 12.0 Å². The molecule has 1 radical (unpaired) electrons. The third kappa shape index (κ3) is 2.78. The van der Waals surface area contributed by atoms with Crippen LogP contribution in [0, 0.1) is 0 Å². The first-order chi connectivity index (χ1) is 6.24. The summed E-state index contributed by atoms with van der Waals surface area (Å²) >= 11 is 0. The summed E-state index contributed by atoms with van der Waals surface area (Å²) in [5, 5.41) is 0. The predicted octanol–water partition coefficient (Wildman–Crippen LogP) is 1.44. The van der Waals surface area contributed by atoms with E-state index in [9.17, 15) is 4.79 Å². The van der Waals surface area contributed by atoms with Crippen molar-refractivity contribution >= 4 is 5.91 Å². The SMILES string of the molecule is COc1ccccc1CCC([NH])=O. The van der Waals surface area contributed by atoms with Gasteiger partial charge in [0.15, 0.2) is 0 Å². The second-order valence-electron chi connectivity index (χ2n) is 2.74. The summed E-state index contributed by atoms with van der Waals surface area (Å²) in [7, 11) is 1.60. The maximum Gasteiger partial charge on any atom is 0.238 e. The Hall–Kier alpha value is -1.51. The van der Waals surface area contributed by atoms with Crippen LogP contribution < -0.4 is 10.5 Å². The molecule has 0 atom stereocenters. The molecule has 1 N–H and O–H groups in total. The zero-order valence-corrected chi connectivity index (χ0v) is 7.54. The van der Waals surface area contributed by atoms with Crippen LogP contribution in [0.3, 0.4) is 0 Å². The van der Waals surface area contributed by atoms with Crippen molar-refractivity contribution in [2.45, 2.75) is 12.8 Å². The van der Waals surface area contributed by atoms with Crippen molar-refractivity contribution in [3.63, 3.8) is 0 Å². The van der Waals surface area contributed by atoms with E-state index in [-0.39, 0.29) is 6.42 Å². The molecule has 3 heteroatoms. The standard InChI is InChI=1S/C10H12NO2/c1-13-9-5-3-2-4-8(9)6-7-10(11)12/h2-5,11H,6-7H2,1H3. The summed E-state index contributed by atoms with van der Waals surface area (Å²) in [5.74, 6) is 0.245. The third-order valence-corrected chi connectivity index (χ3v) is 1.81. The van der Waals surface area contributed by atoms with E-state index in [1.54, 1.807) is 7.11 Å². The largest absolute Gasteiger partial charge is 0.496 e. The molecule has 1 aromatic rings. The van der Waals surface area contributed by atoms with Crippen LogP contribution in [0.5, 0.6) is 5.75 Å². The van der Waals surface area contributed by atoms with Gasteiger partial charge in [0.2, 0.25) is 5.91 Å². The Balaban J connectivity index is 2.69. The highest BCUT2D eigenvalue weighted by Gasteiger charge is 2.02. The Bertz CT molecular complexity index is 297. The fourth-order valence-electron chi connectivity index (χ4n) is 1.16. The average molecular weight is 178 g/mol. The van der Waals surface area contributed by atoms with Gasteiger partial charge in [-0.15, -0.1) is 0 Å². The van der Waals surface area contributed by atoms with Crippen molar-refractivity contribution in [3.05, 3.63) is 29.8 Å². The fraction of sp³-hybridized carbons (Fsp3) is 0.300. The first kappa shape index (κ1) is 9.58. The molecule has 0 fully saturated rings. The summed E-state index contributed by atoms with van der Waals surface area (Å²) in [6.45, 7) is 0. The number of nitrogens with one attached hydrogen (secondary N) is 1. The molecule has 1 aromatic carbocycles. The summed E-state index contributed by atoms with van der Waals surface area (Å²) in [6.07, 6.45) is 0.826. The molecular formula is C10H12NO2. The summed E-state index contributed by atoms with van der Waals surface area (Å²) < 4.78 is 5.11. The van der Waals surface area contributed by atoms with Crippen molar-refractivity contribution in [2.75, 3.05) is 7.11 Å². The van der Waals surface area contributed by atoms with Gasteiger partial charge in [0, 0.05) is 6.42 Å². The molecule has 1 rings (SSSR count). The predicted molar refractivity (Wildman–Crippen MR) is 49.4 cm³/mol. The highest BCUT2D eigenvalue weighted by molar-refractivity contribution is 5.73. The van der Waals surface area contributed by atoms with Crippen molar-refractivity contribution in [2.24, 2.45) is 0 Å². The van der Waals surface area contributed by atoms with Gasteiger partial charge in [-0.2, -0.15) is 0 Å². The lowest BCUT2D eigenvalue weighted by molar-refractivity contribution is -0.118. The van der Waals surface area contributed by atoms with E-state index in [1.807, 2.05) is 24.3 Å². The lowest BCUT2D eigenvalue weighted by Crippen LogP contribution is -2.00. The molecule has 0 saturated heterocycles. The van der Waals surface area contributed by atoms with E-state index in [2.05, 4.69) is 0 Å². The van der Waals surface area contributed by atoms with Crippen molar-refractivity contribution < 1.29 is 9.53 Å². The highest BCUT2D eigenvalue weighted by atomic mass is 16.5. The number of hydrogen-bond donors (Lipinski definition) is 0. The number of para-hydroxylation sites is 1. The molecule has 0 aromatic heterocycles. The lowest BCUT2D eigenvalue weighted by atomic mass is 10.1. The minimum Gasteiger partial charge on any atom is -0.496 e. The maximum absolute atomic E-state index is 10.4. The number of benzene rings is 1. The quantitative estimate of drug-likeness (QED) is 0.700. The number of hydrogen-bond acceptors (Lipinski definition) is 2. The zero-order chi connectivity index (χ0) is 9.68. The molecule has 69 valence electrons. The van der Waals surface area contributed by atoms with Gasteiger partial charge in [0.05, 0.1) is 7.11 Å². The molecule has 0 aliphatic heterocycles. The van der Waals surface area contributed by atoms with Gasteiger partial charge >= 0.3 is 0 Å². The van der Waals surface area contributed by atoms with E-state index in [0.717, 1.165) is 11.3 Å². The number of ether oxygens (including phenoxy) is 1. The number of carbonyl (C=O) groups excluding carboxylic acids is 1. The Morgan fingerprint density at radius 2 is 2.15 bits per heavy atom. The van der Waals surface area contributed by atoms with Crippen LogP contribution in [0.25, 0.3) is 0 Å². The van der Waals surface area contributed by atoms with Crippen LogP contribution in [0.4, 0.5) is 0 Å². The number of methoxy groups -OCH3 is 1. The topological polar surface area (TPSA) is 50.1 Å². The Kier molecular flexibility index (Phi) is 3.31. The van der Waals surface area contributed by atoms with Crippen molar-refractivity contribution in [1.82, 2.24) is 5.73 Å². The van der Waals surface area contributed by atoms with E-state index in [1.165, 1.54) is 0 Å². The van der Waals surface area contributed by atoms with E-state index >= 15 is 0 Å².